The van der Waals surface area contributed by atoms with E-state index in [1.807, 2.05) is 11.5 Å². The van der Waals surface area contributed by atoms with Crippen LogP contribution in [0.25, 0.3) is 0 Å². The molecule has 0 amide bonds. The molecule has 96 valence electrons. The van der Waals surface area contributed by atoms with Crippen molar-refractivity contribution >= 4 is 9.84 Å². The van der Waals surface area contributed by atoms with E-state index in [-0.39, 0.29) is 11.8 Å². The molecule has 1 aliphatic carbocycles. The maximum Gasteiger partial charge on any atom is 0.150 e. The van der Waals surface area contributed by atoms with Gasteiger partial charge in [0.15, 0.2) is 0 Å². The molecule has 1 saturated carbocycles. The summed E-state index contributed by atoms with van der Waals surface area (Å²) in [7, 11) is -2.98. The Bertz CT molecular complexity index is 504. The second kappa shape index (κ2) is 4.38. The molecule has 1 aromatic rings. The third kappa shape index (κ3) is 3.04. The number of aromatic nitrogens is 3. The molecule has 6 nitrogen and oxygen atoms in total. The number of rotatable bonds is 5. The summed E-state index contributed by atoms with van der Waals surface area (Å²) in [6.07, 6.45) is 3.87. The maximum absolute atomic E-state index is 11.1. The second-order valence-electron chi connectivity index (χ2n) is 4.73. The van der Waals surface area contributed by atoms with E-state index in [9.17, 15) is 8.42 Å². The third-order valence-electron chi connectivity index (χ3n) is 2.94. The summed E-state index contributed by atoms with van der Waals surface area (Å²) in [5.41, 5.74) is 5.99. The Labute approximate surface area is 101 Å². The summed E-state index contributed by atoms with van der Waals surface area (Å²) in [6.45, 7) is 1.90. The van der Waals surface area contributed by atoms with Gasteiger partial charge in [0.1, 0.15) is 21.5 Å². The van der Waals surface area contributed by atoms with E-state index in [0.29, 0.717) is 18.3 Å². The Kier molecular flexibility index (Phi) is 3.22. The minimum absolute atomic E-state index is 0.0880. The van der Waals surface area contributed by atoms with Crippen LogP contribution in [0.1, 0.15) is 43.0 Å². The van der Waals surface area contributed by atoms with E-state index < -0.39 is 9.84 Å². The quantitative estimate of drug-likeness (QED) is 0.823. The number of hydrogen-bond acceptors (Lipinski definition) is 5. The first-order chi connectivity index (χ1) is 7.88. The molecule has 1 atom stereocenters. The predicted octanol–water partition coefficient (Wildman–Crippen LogP) is 0.356. The van der Waals surface area contributed by atoms with Crippen LogP contribution in [-0.2, 0) is 9.84 Å². The fourth-order valence-electron chi connectivity index (χ4n) is 1.89. The van der Waals surface area contributed by atoms with E-state index in [0.717, 1.165) is 18.7 Å². The van der Waals surface area contributed by atoms with Crippen LogP contribution in [0.4, 0.5) is 0 Å². The summed E-state index contributed by atoms with van der Waals surface area (Å²) < 4.78 is 24.3. The van der Waals surface area contributed by atoms with Gasteiger partial charge in [-0.3, -0.25) is 0 Å². The van der Waals surface area contributed by atoms with Crippen molar-refractivity contribution in [2.45, 2.75) is 38.3 Å². The van der Waals surface area contributed by atoms with Crippen molar-refractivity contribution in [3.05, 3.63) is 11.6 Å². The Morgan fingerprint density at radius 2 is 2.12 bits per heavy atom. The molecule has 1 aliphatic rings. The van der Waals surface area contributed by atoms with Crippen LogP contribution in [0.15, 0.2) is 0 Å². The van der Waals surface area contributed by atoms with Crippen molar-refractivity contribution in [1.82, 2.24) is 14.8 Å². The minimum atomic E-state index is -2.98. The van der Waals surface area contributed by atoms with E-state index in [1.165, 1.54) is 6.26 Å². The zero-order valence-electron chi connectivity index (χ0n) is 10.1. The number of hydrogen-bond donors (Lipinski definition) is 1. The first kappa shape index (κ1) is 12.5. The molecule has 0 radical (unpaired) electrons. The molecule has 1 fully saturated rings. The highest BCUT2D eigenvalue weighted by Gasteiger charge is 2.30. The molecule has 7 heteroatoms. The third-order valence-corrected chi connectivity index (χ3v) is 3.91. The second-order valence-corrected chi connectivity index (χ2v) is 6.99. The van der Waals surface area contributed by atoms with Crippen LogP contribution in [0.2, 0.25) is 0 Å². The molecule has 2 N–H and O–H groups in total. The van der Waals surface area contributed by atoms with Crippen LogP contribution in [-0.4, -0.2) is 35.2 Å². The van der Waals surface area contributed by atoms with Crippen LogP contribution in [0.5, 0.6) is 0 Å². The van der Waals surface area contributed by atoms with Gasteiger partial charge in [0.2, 0.25) is 0 Å². The van der Waals surface area contributed by atoms with Gasteiger partial charge >= 0.3 is 0 Å². The fraction of sp³-hybridized carbons (Fsp3) is 0.800. The van der Waals surface area contributed by atoms with E-state index in [1.54, 1.807) is 0 Å². The molecule has 0 aliphatic heterocycles. The first-order valence-electron chi connectivity index (χ1n) is 5.73. The molecular weight excluding hydrogens is 240 g/mol. The van der Waals surface area contributed by atoms with Gasteiger partial charge in [-0.1, -0.05) is 0 Å². The SMILES string of the molecule is Cc1nnc(C(N)CCS(C)(=O)=O)n1C1CC1. The Morgan fingerprint density at radius 3 is 2.65 bits per heavy atom. The molecule has 1 unspecified atom stereocenters. The minimum Gasteiger partial charge on any atom is -0.321 e. The lowest BCUT2D eigenvalue weighted by Crippen LogP contribution is -2.20. The first-order valence-corrected chi connectivity index (χ1v) is 7.79. The molecule has 17 heavy (non-hydrogen) atoms. The summed E-state index contributed by atoms with van der Waals surface area (Å²) >= 11 is 0. The van der Waals surface area contributed by atoms with E-state index in [2.05, 4.69) is 10.2 Å². The lowest BCUT2D eigenvalue weighted by atomic mass is 10.2. The fourth-order valence-corrected chi connectivity index (χ4v) is 2.57. The number of aryl methyl sites for hydroxylation is 1. The number of nitrogens with zero attached hydrogens (tertiary/aromatic N) is 3. The summed E-state index contributed by atoms with van der Waals surface area (Å²) in [5.74, 6) is 1.66. The van der Waals surface area contributed by atoms with E-state index in [4.69, 9.17) is 5.73 Å². The van der Waals surface area contributed by atoms with Gasteiger partial charge in [-0.25, -0.2) is 8.42 Å². The Hall–Kier alpha value is -0.950. The van der Waals surface area contributed by atoms with Crippen molar-refractivity contribution in [3.8, 4) is 0 Å². The van der Waals surface area contributed by atoms with Gasteiger partial charge in [0.25, 0.3) is 0 Å². The topological polar surface area (TPSA) is 90.9 Å². The molecule has 1 aromatic heterocycles. The van der Waals surface area contributed by atoms with Crippen LogP contribution in [0.3, 0.4) is 0 Å². The number of nitrogens with two attached hydrogens (primary N) is 1. The molecule has 1 heterocycles. The molecule has 0 bridgehead atoms. The average Bonchev–Trinajstić information content (AvgIpc) is 2.98. The molecule has 2 rings (SSSR count). The monoisotopic (exact) mass is 258 g/mol. The highest BCUT2D eigenvalue weighted by Crippen LogP contribution is 2.37. The van der Waals surface area contributed by atoms with Crippen molar-refractivity contribution in [2.24, 2.45) is 5.73 Å². The predicted molar refractivity (Wildman–Crippen MR) is 64.3 cm³/mol. The highest BCUT2D eigenvalue weighted by atomic mass is 32.2. The van der Waals surface area contributed by atoms with Gasteiger partial charge in [-0.2, -0.15) is 0 Å². The summed E-state index contributed by atoms with van der Waals surface area (Å²) in [5, 5.41) is 8.10. The van der Waals surface area contributed by atoms with Crippen LogP contribution in [0, 0.1) is 6.92 Å². The van der Waals surface area contributed by atoms with Gasteiger partial charge in [-0.05, 0) is 26.2 Å². The summed E-state index contributed by atoms with van der Waals surface area (Å²) in [4.78, 5) is 0. The van der Waals surface area contributed by atoms with Crippen molar-refractivity contribution in [3.63, 3.8) is 0 Å². The molecular formula is C10H18N4O2S. The van der Waals surface area contributed by atoms with Crippen molar-refractivity contribution in [1.29, 1.82) is 0 Å². The lowest BCUT2D eigenvalue weighted by Gasteiger charge is -2.12. The van der Waals surface area contributed by atoms with E-state index >= 15 is 0 Å². The standard InChI is InChI=1S/C10H18N4O2S/c1-7-12-13-10(14(7)8-3-4-8)9(11)5-6-17(2,15)16/h8-9H,3-6,11H2,1-2H3. The highest BCUT2D eigenvalue weighted by molar-refractivity contribution is 7.90. The smallest absolute Gasteiger partial charge is 0.150 e. The van der Waals surface area contributed by atoms with Gasteiger partial charge < -0.3 is 10.3 Å². The zero-order valence-corrected chi connectivity index (χ0v) is 10.9. The van der Waals surface area contributed by atoms with Crippen LogP contribution >= 0.6 is 0 Å². The molecule has 0 saturated heterocycles. The van der Waals surface area contributed by atoms with Gasteiger partial charge in [-0.15, -0.1) is 10.2 Å². The maximum atomic E-state index is 11.1. The van der Waals surface area contributed by atoms with Crippen molar-refractivity contribution in [2.75, 3.05) is 12.0 Å². The van der Waals surface area contributed by atoms with Crippen molar-refractivity contribution < 1.29 is 8.42 Å². The molecule has 0 spiro atoms. The average molecular weight is 258 g/mol. The zero-order chi connectivity index (χ0) is 12.6. The van der Waals surface area contributed by atoms with Crippen LogP contribution < -0.4 is 5.73 Å². The summed E-state index contributed by atoms with van der Waals surface area (Å²) in [6, 6.07) is 0.107. The lowest BCUT2D eigenvalue weighted by molar-refractivity contribution is 0.561. The molecule has 0 aromatic carbocycles. The Balaban J connectivity index is 2.11. The van der Waals surface area contributed by atoms with Gasteiger partial charge in [0.05, 0.1) is 11.8 Å². The van der Waals surface area contributed by atoms with Gasteiger partial charge in [0, 0.05) is 12.3 Å². The largest absolute Gasteiger partial charge is 0.321 e. The number of sulfone groups is 1. The Morgan fingerprint density at radius 1 is 1.47 bits per heavy atom. The normalized spacial score (nSPS) is 18.3.